The van der Waals surface area contributed by atoms with Crippen molar-refractivity contribution in [2.24, 2.45) is 0 Å². The van der Waals surface area contributed by atoms with Gasteiger partial charge in [-0.15, -0.1) is 0 Å². The van der Waals surface area contributed by atoms with Gasteiger partial charge in [-0.05, 0) is 55.1 Å². The van der Waals surface area contributed by atoms with Gasteiger partial charge in [-0.25, -0.2) is 4.39 Å². The second-order valence-electron chi connectivity index (χ2n) is 10.2. The fourth-order valence-electron chi connectivity index (χ4n) is 5.28. The van der Waals surface area contributed by atoms with E-state index in [0.29, 0.717) is 42.5 Å². The second kappa shape index (κ2) is 14.5. The number of hydrogen-bond acceptors (Lipinski definition) is 6. The molecule has 0 bridgehead atoms. The zero-order valence-electron chi connectivity index (χ0n) is 22.2. The molecule has 0 spiro atoms. The molecule has 212 valence electrons. The van der Waals surface area contributed by atoms with Crippen molar-refractivity contribution >= 4 is 29.1 Å². The Bertz CT molecular complexity index is 1130. The van der Waals surface area contributed by atoms with Crippen molar-refractivity contribution < 1.29 is 23.8 Å². The van der Waals surface area contributed by atoms with Gasteiger partial charge in [0.25, 0.3) is 5.91 Å². The molecule has 2 amide bonds. The summed E-state index contributed by atoms with van der Waals surface area (Å²) in [5, 5.41) is 19.5. The Hall–Kier alpha value is -2.88. The van der Waals surface area contributed by atoms with Crippen LogP contribution in [0.25, 0.3) is 0 Å². The lowest BCUT2D eigenvalue weighted by atomic mass is 9.94. The maximum atomic E-state index is 14.5. The first-order chi connectivity index (χ1) is 18.9. The standard InChI is InChI=1S/C29H38ClFN4O4/c30-22-6-4-5-20(17-22)18-25(31)33-14-12-27(38)35(23-7-2-1-3-8-23)16-15-32-13-11-21-9-10-24(36)28-29(21)39-19-26(37)34-28/h4-6,9-10,17,23,25,32-33,36H,1-3,7-8,11-16,18-19H2,(H,34,37). The Morgan fingerprint density at radius 3 is 2.79 bits per heavy atom. The van der Waals surface area contributed by atoms with Crippen LogP contribution in [-0.2, 0) is 22.4 Å². The maximum absolute atomic E-state index is 14.5. The van der Waals surface area contributed by atoms with Gasteiger partial charge in [-0.2, -0.15) is 0 Å². The second-order valence-corrected chi connectivity index (χ2v) is 10.6. The Kier molecular flexibility index (Phi) is 10.8. The van der Waals surface area contributed by atoms with Crippen molar-refractivity contribution in [3.63, 3.8) is 0 Å². The van der Waals surface area contributed by atoms with E-state index in [1.165, 1.54) is 6.42 Å². The van der Waals surface area contributed by atoms with Crippen molar-refractivity contribution in [3.05, 3.63) is 52.5 Å². The molecule has 1 heterocycles. The van der Waals surface area contributed by atoms with Gasteiger partial charge in [0.1, 0.15) is 11.4 Å². The summed E-state index contributed by atoms with van der Waals surface area (Å²) in [5.41, 5.74) is 2.02. The van der Waals surface area contributed by atoms with Crippen LogP contribution in [0, 0.1) is 0 Å². The first-order valence-electron chi connectivity index (χ1n) is 13.8. The number of nitrogens with zero attached hydrogens (tertiary/aromatic N) is 1. The lowest BCUT2D eigenvalue weighted by Gasteiger charge is -2.35. The molecule has 8 nitrogen and oxygen atoms in total. The number of benzene rings is 2. The van der Waals surface area contributed by atoms with E-state index in [-0.39, 0.29) is 49.6 Å². The number of amides is 2. The third kappa shape index (κ3) is 8.55. The Morgan fingerprint density at radius 1 is 1.18 bits per heavy atom. The number of rotatable bonds is 13. The molecular weight excluding hydrogens is 523 g/mol. The molecule has 2 aromatic carbocycles. The quantitative estimate of drug-likeness (QED) is 0.166. The molecule has 4 rings (SSSR count). The molecule has 2 aromatic rings. The number of anilines is 1. The van der Waals surface area contributed by atoms with Gasteiger partial charge in [0.15, 0.2) is 18.7 Å². The fraction of sp³-hybridized carbons (Fsp3) is 0.517. The van der Waals surface area contributed by atoms with E-state index in [2.05, 4.69) is 16.0 Å². The highest BCUT2D eigenvalue weighted by Crippen LogP contribution is 2.39. The number of alkyl halides is 1. The fourth-order valence-corrected chi connectivity index (χ4v) is 5.50. The smallest absolute Gasteiger partial charge is 0.262 e. The summed E-state index contributed by atoms with van der Waals surface area (Å²) in [4.78, 5) is 26.7. The van der Waals surface area contributed by atoms with Crippen LogP contribution in [-0.4, -0.2) is 66.9 Å². The summed E-state index contributed by atoms with van der Waals surface area (Å²) < 4.78 is 20.0. The topological polar surface area (TPSA) is 103 Å². The average molecular weight is 561 g/mol. The summed E-state index contributed by atoms with van der Waals surface area (Å²) in [6.45, 7) is 2.07. The van der Waals surface area contributed by atoms with Crippen LogP contribution in [0.3, 0.4) is 0 Å². The predicted molar refractivity (Wildman–Crippen MR) is 150 cm³/mol. The maximum Gasteiger partial charge on any atom is 0.262 e. The lowest BCUT2D eigenvalue weighted by Crippen LogP contribution is -2.46. The zero-order valence-corrected chi connectivity index (χ0v) is 22.9. The number of nitrogens with one attached hydrogen (secondary N) is 3. The molecule has 0 radical (unpaired) electrons. The van der Waals surface area contributed by atoms with E-state index < -0.39 is 6.30 Å². The highest BCUT2D eigenvalue weighted by atomic mass is 35.5. The largest absolute Gasteiger partial charge is 0.506 e. The van der Waals surface area contributed by atoms with Crippen LogP contribution in [0.5, 0.6) is 11.5 Å². The zero-order chi connectivity index (χ0) is 27.6. The third-order valence-electron chi connectivity index (χ3n) is 7.27. The Morgan fingerprint density at radius 2 is 2.00 bits per heavy atom. The molecule has 4 N–H and O–H groups in total. The third-order valence-corrected chi connectivity index (χ3v) is 7.51. The first kappa shape index (κ1) is 29.1. The highest BCUT2D eigenvalue weighted by molar-refractivity contribution is 6.30. The van der Waals surface area contributed by atoms with Gasteiger partial charge < -0.3 is 25.4 Å². The van der Waals surface area contributed by atoms with E-state index in [9.17, 15) is 19.1 Å². The number of halogens is 2. The predicted octanol–water partition coefficient (Wildman–Crippen LogP) is 4.19. The van der Waals surface area contributed by atoms with E-state index in [1.54, 1.807) is 30.3 Å². The van der Waals surface area contributed by atoms with Gasteiger partial charge in [0.2, 0.25) is 5.91 Å². The highest BCUT2D eigenvalue weighted by Gasteiger charge is 2.25. The molecule has 0 saturated heterocycles. The van der Waals surface area contributed by atoms with Crippen LogP contribution in [0.15, 0.2) is 36.4 Å². The number of aromatic hydroxyl groups is 1. The van der Waals surface area contributed by atoms with Gasteiger partial charge in [0.05, 0.1) is 0 Å². The molecule has 1 unspecified atom stereocenters. The molecule has 1 saturated carbocycles. The SMILES string of the molecule is O=C1COc2c(CCNCCN(C(=O)CCNC(F)Cc3cccc(Cl)c3)C3CCCCC3)ccc(O)c2N1. The monoisotopic (exact) mass is 560 g/mol. The van der Waals surface area contributed by atoms with Crippen LogP contribution < -0.4 is 20.7 Å². The average Bonchev–Trinajstić information content (AvgIpc) is 2.92. The lowest BCUT2D eigenvalue weighted by molar-refractivity contribution is -0.134. The number of phenolic OH excluding ortho intramolecular Hbond substituents is 1. The Balaban J connectivity index is 1.23. The van der Waals surface area contributed by atoms with Gasteiger partial charge in [-0.1, -0.05) is 49.1 Å². The molecule has 0 aromatic heterocycles. The normalized spacial score (nSPS) is 16.2. The molecule has 1 aliphatic carbocycles. The van der Waals surface area contributed by atoms with E-state index in [4.69, 9.17) is 16.3 Å². The number of carbonyl (C=O) groups excluding carboxylic acids is 2. The molecule has 10 heteroatoms. The van der Waals surface area contributed by atoms with Crippen LogP contribution >= 0.6 is 11.6 Å². The summed E-state index contributed by atoms with van der Waals surface area (Å²) in [6.07, 6.45) is 5.29. The minimum atomic E-state index is -1.25. The van der Waals surface area contributed by atoms with Crippen molar-refractivity contribution in [2.75, 3.05) is 38.1 Å². The molecule has 2 aliphatic rings. The van der Waals surface area contributed by atoms with E-state index >= 15 is 0 Å². The molecule has 1 fully saturated rings. The minimum absolute atomic E-state index is 0.0190. The number of ether oxygens (including phenoxy) is 1. The molecule has 1 atom stereocenters. The van der Waals surface area contributed by atoms with Crippen molar-refractivity contribution in [1.29, 1.82) is 0 Å². The van der Waals surface area contributed by atoms with Crippen LogP contribution in [0.4, 0.5) is 10.1 Å². The number of phenols is 1. The summed E-state index contributed by atoms with van der Waals surface area (Å²) in [5.74, 6) is 0.237. The van der Waals surface area contributed by atoms with Gasteiger partial charge in [0, 0.05) is 43.5 Å². The first-order valence-corrected chi connectivity index (χ1v) is 14.2. The minimum Gasteiger partial charge on any atom is -0.506 e. The molecule has 39 heavy (non-hydrogen) atoms. The summed E-state index contributed by atoms with van der Waals surface area (Å²) in [7, 11) is 0. The van der Waals surface area contributed by atoms with E-state index in [0.717, 1.165) is 36.8 Å². The number of carbonyl (C=O) groups is 2. The molecular formula is C29H38ClFN4O4. The van der Waals surface area contributed by atoms with Crippen molar-refractivity contribution in [2.45, 2.75) is 63.7 Å². The van der Waals surface area contributed by atoms with Crippen LogP contribution in [0.2, 0.25) is 5.02 Å². The molecule has 1 aliphatic heterocycles. The van der Waals surface area contributed by atoms with E-state index in [1.807, 2.05) is 11.0 Å². The summed E-state index contributed by atoms with van der Waals surface area (Å²) >= 11 is 5.99. The van der Waals surface area contributed by atoms with Gasteiger partial charge >= 0.3 is 0 Å². The number of hydrogen-bond donors (Lipinski definition) is 4. The summed E-state index contributed by atoms with van der Waals surface area (Å²) in [6, 6.07) is 10.7. The number of fused-ring (bicyclic) bond motifs is 1. The van der Waals surface area contributed by atoms with Gasteiger partial charge in [-0.3, -0.25) is 14.9 Å². The Labute approximate surface area is 234 Å². The van der Waals surface area contributed by atoms with Crippen molar-refractivity contribution in [1.82, 2.24) is 15.5 Å². The van der Waals surface area contributed by atoms with Crippen LogP contribution in [0.1, 0.15) is 49.7 Å². The van der Waals surface area contributed by atoms with Crippen molar-refractivity contribution in [3.8, 4) is 11.5 Å².